The van der Waals surface area contributed by atoms with Gasteiger partial charge in [-0.05, 0) is 191 Å². The van der Waals surface area contributed by atoms with Crippen LogP contribution < -0.4 is 18.9 Å². The largest absolute Gasteiger partial charge is 0.481 e. The molecule has 692 valence electrons. The van der Waals surface area contributed by atoms with Crippen molar-refractivity contribution in [2.45, 2.75) is 252 Å². The van der Waals surface area contributed by atoms with E-state index in [0.717, 1.165) is 47.0 Å². The van der Waals surface area contributed by atoms with Gasteiger partial charge in [-0.1, -0.05) is 48.5 Å². The summed E-state index contributed by atoms with van der Waals surface area (Å²) < 4.78 is 388. The topological polar surface area (TPSA) is 186 Å². The Kier molecular flexibility index (Phi) is 39.8. The molecular formula is C80H94F26O12S4. The van der Waals surface area contributed by atoms with Crippen molar-refractivity contribution in [1.29, 1.82) is 0 Å². The number of benzene rings is 4. The van der Waals surface area contributed by atoms with Crippen molar-refractivity contribution in [3.05, 3.63) is 115 Å². The highest BCUT2D eigenvalue weighted by molar-refractivity contribution is 7.99. The lowest BCUT2D eigenvalue weighted by molar-refractivity contribution is -0.208. The Morgan fingerprint density at radius 3 is 0.656 bits per heavy atom. The van der Waals surface area contributed by atoms with Crippen LogP contribution in [0, 0.1) is 0 Å². The second-order valence-corrected chi connectivity index (χ2v) is 35.5. The molecule has 5 rings (SSSR count). The van der Waals surface area contributed by atoms with E-state index in [4.69, 9.17) is 18.9 Å². The zero-order valence-corrected chi connectivity index (χ0v) is 69.3. The zero-order valence-electron chi connectivity index (χ0n) is 66.0. The van der Waals surface area contributed by atoms with Gasteiger partial charge in [0.25, 0.3) is 59.2 Å². The molecule has 42 heteroatoms. The fraction of sp³-hybridized carbons (Fsp3) is 0.650. The molecule has 122 heavy (non-hydrogen) atoms. The highest BCUT2D eigenvalue weighted by Crippen LogP contribution is 2.48. The third-order valence-corrected chi connectivity index (χ3v) is 22.6. The lowest BCUT2D eigenvalue weighted by atomic mass is 9.87. The van der Waals surface area contributed by atoms with Crippen LogP contribution in [0.1, 0.15) is 196 Å². The number of aryl methyl sites for hydroxylation is 4. The smallest absolute Gasteiger partial charge is 0.394 e. The highest BCUT2D eigenvalue weighted by Gasteiger charge is 2.53. The molecule has 0 radical (unpaired) electrons. The van der Waals surface area contributed by atoms with Gasteiger partial charge in [0.1, 0.15) is 35.8 Å². The summed E-state index contributed by atoms with van der Waals surface area (Å²) in [6.07, 6.45) is -36.6. The Balaban J connectivity index is 1.76. The van der Waals surface area contributed by atoms with Crippen molar-refractivity contribution in [3.8, 4) is 23.0 Å². The van der Waals surface area contributed by atoms with Crippen molar-refractivity contribution in [2.75, 3.05) is 72.5 Å². The molecule has 1 aliphatic rings. The SMILES string of the molecule is CC(F)(F)CC(F)(F)CC(F)(F)CCSCCCc1cc2c(OCC(=O)O)c(c1)Cc1cc(CCCSCCC(F)(F)CC(F)(F)CC(C)(F)F)cc(c1OCC(=O)O)Cc1cc(CCCSCCCC(F)(F)CC(F)(F)CC(F)(F)F)cc(c1OCC(=O)O)Cc1cc(CCCSCCCC(F)(F)CC(F)(F)CC(F)(F)F)cc(c1OCC(=O)O)C2. The van der Waals surface area contributed by atoms with Crippen LogP contribution in [0.3, 0.4) is 0 Å². The Bertz CT molecular complexity index is 3790. The summed E-state index contributed by atoms with van der Waals surface area (Å²) in [5.41, 5.74) is 2.27. The predicted octanol–water partition coefficient (Wildman–Crippen LogP) is 23.9. The molecule has 0 aromatic heterocycles. The number of hydrogen-bond donors (Lipinski definition) is 4. The maximum Gasteiger partial charge on any atom is 0.394 e. The van der Waals surface area contributed by atoms with E-state index in [9.17, 15) is 154 Å². The lowest BCUT2D eigenvalue weighted by Gasteiger charge is -2.25. The van der Waals surface area contributed by atoms with Gasteiger partial charge in [-0.15, -0.1) is 0 Å². The third-order valence-electron chi connectivity index (χ3n) is 18.1. The minimum Gasteiger partial charge on any atom is -0.481 e. The molecule has 8 bridgehead atoms. The van der Waals surface area contributed by atoms with E-state index in [2.05, 4.69) is 0 Å². The average Bonchev–Trinajstić information content (AvgIpc) is 0.769. The molecule has 12 nitrogen and oxygen atoms in total. The van der Waals surface area contributed by atoms with E-state index in [1.807, 2.05) is 0 Å². The van der Waals surface area contributed by atoms with Crippen LogP contribution in [0.4, 0.5) is 114 Å². The van der Waals surface area contributed by atoms with E-state index in [1.165, 1.54) is 24.3 Å². The molecule has 0 saturated carbocycles. The van der Waals surface area contributed by atoms with Crippen molar-refractivity contribution in [1.82, 2.24) is 0 Å². The van der Waals surface area contributed by atoms with Crippen molar-refractivity contribution < 1.29 is 173 Å². The van der Waals surface area contributed by atoms with Crippen molar-refractivity contribution in [2.24, 2.45) is 0 Å². The number of carboxylic acids is 4. The summed E-state index contributed by atoms with van der Waals surface area (Å²) in [7, 11) is 0. The molecule has 0 amide bonds. The molecule has 0 spiro atoms. The summed E-state index contributed by atoms with van der Waals surface area (Å²) in [5.74, 6) is -50.8. The van der Waals surface area contributed by atoms with Gasteiger partial charge >= 0.3 is 36.2 Å². The number of fused-ring (bicyclic) bond motifs is 8. The Labute approximate surface area is 703 Å². The molecule has 4 aromatic carbocycles. The summed E-state index contributed by atoms with van der Waals surface area (Å²) in [4.78, 5) is 50.6. The number of rotatable bonds is 56. The molecule has 0 fully saturated rings. The first-order chi connectivity index (χ1) is 56.1. The fourth-order valence-corrected chi connectivity index (χ4v) is 17.7. The fourth-order valence-electron chi connectivity index (χ4n) is 13.9. The van der Waals surface area contributed by atoms with Gasteiger partial charge in [0.15, 0.2) is 26.4 Å². The summed E-state index contributed by atoms with van der Waals surface area (Å²) in [6.45, 7) is -4.07. The van der Waals surface area contributed by atoms with Crippen LogP contribution in [0.15, 0.2) is 48.5 Å². The molecule has 4 N–H and O–H groups in total. The molecular weight excluding hydrogens is 1780 g/mol. The summed E-state index contributed by atoms with van der Waals surface area (Å²) >= 11 is 3.87. The van der Waals surface area contributed by atoms with Gasteiger partial charge < -0.3 is 39.4 Å². The zero-order chi connectivity index (χ0) is 91.7. The number of halogens is 26. The van der Waals surface area contributed by atoms with Crippen LogP contribution in [-0.4, -0.2) is 188 Å². The van der Waals surface area contributed by atoms with Gasteiger partial charge in [0.2, 0.25) is 0 Å². The van der Waals surface area contributed by atoms with E-state index in [0.29, 0.717) is 22.3 Å². The van der Waals surface area contributed by atoms with Crippen LogP contribution in [0.5, 0.6) is 23.0 Å². The average molecular weight is 1870 g/mol. The summed E-state index contributed by atoms with van der Waals surface area (Å²) in [5, 5.41) is 41.1. The standard InChI is InChI=1S/C80H94F26O12S4/c1-69(81,82)41-75(93,94)45-73(89,90)15-23-121-19-5-11-51-29-57-34-55-27-49(9-3-17-119-21-7-13-71(85,86)43-77(97,98)47-79(101,102)103)25-53(65(55)115-37-61(107)108)33-54-26-50(10-4-18-120-22-8-14-72(87,88)44-78(99,100)48-80(104,105)106)28-56(66(54)116-38-62(109)110)35-58-30-52(12-6-20-122-24-16-74(91,92)46-76(95,96)42-70(2,83)84)32-60(68(58)118-40-64(113)114)36-59(31-51)67(57)117-39-63(111)112/h25-32H,3-24,33-48H2,1-2H3,(H,107,108)(H,109,110)(H,111,112)(H,113,114). The molecule has 0 atom stereocenters. The number of carbonyl (C=O) groups is 4. The Hall–Kier alpha value is -6.46. The number of thioether (sulfide) groups is 4. The highest BCUT2D eigenvalue weighted by atomic mass is 32.2. The number of alkyl halides is 26. The van der Waals surface area contributed by atoms with Crippen LogP contribution in [-0.2, 0) is 70.5 Å². The van der Waals surface area contributed by atoms with Gasteiger partial charge in [-0.25, -0.2) is 107 Å². The van der Waals surface area contributed by atoms with Gasteiger partial charge in [-0.2, -0.15) is 73.4 Å². The van der Waals surface area contributed by atoms with E-state index < -0.39 is 249 Å². The summed E-state index contributed by atoms with van der Waals surface area (Å²) in [6, 6.07) is 12.3. The first-order valence-electron chi connectivity index (χ1n) is 38.3. The van der Waals surface area contributed by atoms with Gasteiger partial charge in [0, 0.05) is 51.4 Å². The number of carboxylic acid groups (broad SMARTS) is 4. The minimum absolute atomic E-state index is 0.00255. The molecule has 4 aromatic rings. The first-order valence-corrected chi connectivity index (χ1v) is 42.9. The molecule has 0 aliphatic heterocycles. The normalized spacial score (nSPS) is 13.8. The quantitative estimate of drug-likeness (QED) is 0.0213. The van der Waals surface area contributed by atoms with E-state index >= 15 is 0 Å². The van der Waals surface area contributed by atoms with Crippen LogP contribution in [0.25, 0.3) is 0 Å². The number of hydrogen-bond acceptors (Lipinski definition) is 12. The maximum atomic E-state index is 15.0. The van der Waals surface area contributed by atoms with Crippen molar-refractivity contribution in [3.63, 3.8) is 0 Å². The molecule has 0 unspecified atom stereocenters. The first kappa shape index (κ1) is 106. The lowest BCUT2D eigenvalue weighted by Crippen LogP contribution is -2.34. The Morgan fingerprint density at radius 1 is 0.270 bits per heavy atom. The Morgan fingerprint density at radius 2 is 0.459 bits per heavy atom. The van der Waals surface area contributed by atoms with Gasteiger partial charge in [-0.3, -0.25) is 0 Å². The minimum atomic E-state index is -5.45. The second kappa shape index (κ2) is 45.8. The van der Waals surface area contributed by atoms with E-state index in [-0.39, 0.29) is 167 Å². The maximum absolute atomic E-state index is 15.0. The monoisotopic (exact) mass is 1870 g/mol. The van der Waals surface area contributed by atoms with Crippen molar-refractivity contribution >= 4 is 70.9 Å². The molecule has 1 aliphatic carbocycles. The number of ether oxygens (including phenoxy) is 4. The van der Waals surface area contributed by atoms with Gasteiger partial charge in [0.05, 0.1) is 38.5 Å². The number of aliphatic carboxylic acids is 4. The second-order valence-electron chi connectivity index (χ2n) is 30.6. The van der Waals surface area contributed by atoms with Crippen LogP contribution in [0.2, 0.25) is 0 Å². The predicted molar refractivity (Wildman–Crippen MR) is 410 cm³/mol. The van der Waals surface area contributed by atoms with E-state index in [1.54, 1.807) is 24.3 Å². The molecule has 0 saturated heterocycles. The van der Waals surface area contributed by atoms with Crippen LogP contribution >= 0.6 is 47.0 Å². The molecule has 0 heterocycles. The third kappa shape index (κ3) is 42.7.